The second-order valence-electron chi connectivity index (χ2n) is 5.17. The van der Waals surface area contributed by atoms with Gasteiger partial charge in [0, 0.05) is 6.42 Å². The van der Waals surface area contributed by atoms with Crippen LogP contribution in [0.25, 0.3) is 0 Å². The van der Waals surface area contributed by atoms with E-state index < -0.39 is 0 Å². The third kappa shape index (κ3) is 4.03. The predicted octanol–water partition coefficient (Wildman–Crippen LogP) is 2.71. The number of amides is 1. The second kappa shape index (κ2) is 6.66. The van der Waals surface area contributed by atoms with Crippen molar-refractivity contribution >= 4 is 23.1 Å². The summed E-state index contributed by atoms with van der Waals surface area (Å²) in [4.78, 5) is 12.4. The lowest BCUT2D eigenvalue weighted by molar-refractivity contribution is -0.122. The summed E-state index contributed by atoms with van der Waals surface area (Å²) in [6.07, 6.45) is 5.41. The minimum atomic E-state index is -0.356. The summed E-state index contributed by atoms with van der Waals surface area (Å²) in [5.41, 5.74) is 6.68. The monoisotopic (exact) mass is 276 g/mol. The first-order chi connectivity index (χ1) is 9.16. The molecule has 1 aromatic carbocycles. The average molecular weight is 276 g/mol. The van der Waals surface area contributed by atoms with Crippen LogP contribution in [0.1, 0.15) is 43.7 Å². The molecule has 102 valence electrons. The van der Waals surface area contributed by atoms with Crippen LogP contribution in [0.5, 0.6) is 0 Å². The van der Waals surface area contributed by atoms with Crippen molar-refractivity contribution in [1.29, 1.82) is 0 Å². The van der Waals surface area contributed by atoms with E-state index in [1.165, 1.54) is 12.8 Å². The molecule has 0 spiro atoms. The Morgan fingerprint density at radius 1 is 1.32 bits per heavy atom. The van der Waals surface area contributed by atoms with Crippen LogP contribution in [-0.4, -0.2) is 10.9 Å². The van der Waals surface area contributed by atoms with Gasteiger partial charge in [0.05, 0.1) is 0 Å². The van der Waals surface area contributed by atoms with Gasteiger partial charge in [-0.05, 0) is 24.3 Å². The van der Waals surface area contributed by atoms with E-state index in [1.54, 1.807) is 0 Å². The smallest absolute Gasteiger partial charge is 0.221 e. The lowest BCUT2D eigenvalue weighted by atomic mass is 10.0. The van der Waals surface area contributed by atoms with Crippen LogP contribution in [0, 0.1) is 5.92 Å². The molecule has 1 aromatic rings. The summed E-state index contributed by atoms with van der Waals surface area (Å²) in [7, 11) is 0. The zero-order valence-corrected chi connectivity index (χ0v) is 11.8. The zero-order valence-electron chi connectivity index (χ0n) is 11.0. The minimum Gasteiger partial charge on any atom is -0.391 e. The third-order valence-electron chi connectivity index (χ3n) is 3.67. The van der Waals surface area contributed by atoms with E-state index >= 15 is 0 Å². The molecule has 1 amide bonds. The number of nitrogens with one attached hydrogen (secondary N) is 1. The van der Waals surface area contributed by atoms with Crippen LogP contribution in [0.3, 0.4) is 0 Å². The van der Waals surface area contributed by atoms with E-state index in [1.807, 2.05) is 30.3 Å². The number of carbonyl (C=O) groups is 1. The van der Waals surface area contributed by atoms with Gasteiger partial charge in [0.1, 0.15) is 11.0 Å². The largest absolute Gasteiger partial charge is 0.391 e. The Hall–Kier alpha value is -1.42. The van der Waals surface area contributed by atoms with Crippen LogP contribution in [0.2, 0.25) is 0 Å². The molecule has 1 aliphatic rings. The highest BCUT2D eigenvalue weighted by Crippen LogP contribution is 2.27. The topological polar surface area (TPSA) is 55.1 Å². The van der Waals surface area contributed by atoms with E-state index in [9.17, 15) is 4.79 Å². The normalized spacial score (nSPS) is 17.1. The molecule has 1 atom stereocenters. The molecule has 0 aromatic heterocycles. The Morgan fingerprint density at radius 3 is 2.53 bits per heavy atom. The summed E-state index contributed by atoms with van der Waals surface area (Å²) < 4.78 is 0. The first kappa shape index (κ1) is 14.0. The first-order valence-electron chi connectivity index (χ1n) is 6.80. The number of nitrogens with two attached hydrogens (primary N) is 1. The van der Waals surface area contributed by atoms with E-state index in [-0.39, 0.29) is 11.9 Å². The molecule has 2 rings (SSSR count). The van der Waals surface area contributed by atoms with Gasteiger partial charge in [0.2, 0.25) is 5.91 Å². The van der Waals surface area contributed by atoms with Crippen LogP contribution < -0.4 is 11.1 Å². The van der Waals surface area contributed by atoms with Gasteiger partial charge < -0.3 is 11.1 Å². The number of thiocarbonyl (C=S) groups is 1. The van der Waals surface area contributed by atoms with E-state index in [4.69, 9.17) is 18.0 Å². The molecule has 19 heavy (non-hydrogen) atoms. The molecular weight excluding hydrogens is 256 g/mol. The Labute approximate surface area is 119 Å². The molecule has 1 fully saturated rings. The maximum Gasteiger partial charge on any atom is 0.221 e. The maximum absolute atomic E-state index is 12.1. The molecule has 1 aliphatic carbocycles. The fourth-order valence-electron chi connectivity index (χ4n) is 2.66. The van der Waals surface area contributed by atoms with Crippen LogP contribution >= 0.6 is 12.2 Å². The quantitative estimate of drug-likeness (QED) is 0.813. The molecule has 0 aliphatic heterocycles. The Balaban J connectivity index is 1.97. The first-order valence-corrected chi connectivity index (χ1v) is 7.21. The standard InChI is InChI=1S/C15H20N2OS/c16-15(19)14(12-8-2-1-3-9-12)17-13(18)10-11-6-4-5-7-11/h1-3,8-9,11,14H,4-7,10H2,(H2,16,19)(H,17,18). The van der Waals surface area contributed by atoms with E-state index in [0.717, 1.165) is 18.4 Å². The fraction of sp³-hybridized carbons (Fsp3) is 0.467. The number of hydrogen-bond acceptors (Lipinski definition) is 2. The number of carbonyl (C=O) groups excluding carboxylic acids is 1. The molecule has 0 heterocycles. The van der Waals surface area contributed by atoms with Gasteiger partial charge >= 0.3 is 0 Å². The third-order valence-corrected chi connectivity index (χ3v) is 3.91. The highest BCUT2D eigenvalue weighted by atomic mass is 32.1. The Morgan fingerprint density at radius 2 is 1.95 bits per heavy atom. The molecular formula is C15H20N2OS. The summed E-state index contributed by atoms with van der Waals surface area (Å²) in [5.74, 6) is 0.580. The van der Waals surface area contributed by atoms with Gasteiger partial charge in [-0.1, -0.05) is 55.4 Å². The molecule has 3 N–H and O–H groups in total. The zero-order chi connectivity index (χ0) is 13.7. The molecule has 1 saturated carbocycles. The second-order valence-corrected chi connectivity index (χ2v) is 5.64. The highest BCUT2D eigenvalue weighted by molar-refractivity contribution is 7.80. The molecule has 3 nitrogen and oxygen atoms in total. The van der Waals surface area contributed by atoms with Crippen LogP contribution in [0.4, 0.5) is 0 Å². The van der Waals surface area contributed by atoms with Crippen molar-refractivity contribution in [2.45, 2.75) is 38.1 Å². The number of hydrogen-bond donors (Lipinski definition) is 2. The van der Waals surface area contributed by atoms with E-state index in [0.29, 0.717) is 17.3 Å². The summed E-state index contributed by atoms with van der Waals surface area (Å²) >= 11 is 5.06. The van der Waals surface area contributed by atoms with Crippen LogP contribution in [0.15, 0.2) is 30.3 Å². The van der Waals surface area contributed by atoms with Gasteiger partial charge in [-0.15, -0.1) is 0 Å². The summed E-state index contributed by atoms with van der Waals surface area (Å²) in [5, 5.41) is 2.95. The van der Waals surface area contributed by atoms with Gasteiger partial charge in [0.15, 0.2) is 0 Å². The molecule has 1 unspecified atom stereocenters. The Kier molecular flexibility index (Phi) is 4.91. The fourth-order valence-corrected chi connectivity index (χ4v) is 2.86. The van der Waals surface area contributed by atoms with Gasteiger partial charge in [-0.3, -0.25) is 4.79 Å². The predicted molar refractivity (Wildman–Crippen MR) is 80.7 cm³/mol. The molecule has 0 radical (unpaired) electrons. The van der Waals surface area contributed by atoms with Crippen molar-refractivity contribution < 1.29 is 4.79 Å². The minimum absolute atomic E-state index is 0.0496. The summed E-state index contributed by atoms with van der Waals surface area (Å²) in [6.45, 7) is 0. The van der Waals surface area contributed by atoms with E-state index in [2.05, 4.69) is 5.32 Å². The molecule has 0 bridgehead atoms. The van der Waals surface area contributed by atoms with Crippen molar-refractivity contribution in [3.05, 3.63) is 35.9 Å². The highest BCUT2D eigenvalue weighted by Gasteiger charge is 2.22. The Bertz CT molecular complexity index is 441. The van der Waals surface area contributed by atoms with Gasteiger partial charge in [0.25, 0.3) is 0 Å². The number of rotatable bonds is 5. The van der Waals surface area contributed by atoms with Crippen molar-refractivity contribution in [1.82, 2.24) is 5.32 Å². The molecule has 4 heteroatoms. The lowest BCUT2D eigenvalue weighted by Crippen LogP contribution is -2.37. The molecule has 0 saturated heterocycles. The van der Waals surface area contributed by atoms with Crippen molar-refractivity contribution in [3.8, 4) is 0 Å². The van der Waals surface area contributed by atoms with Gasteiger partial charge in [-0.2, -0.15) is 0 Å². The number of benzene rings is 1. The van der Waals surface area contributed by atoms with Crippen molar-refractivity contribution in [2.75, 3.05) is 0 Å². The SMILES string of the molecule is NC(=S)C(NC(=O)CC1CCCC1)c1ccccc1. The maximum atomic E-state index is 12.1. The van der Waals surface area contributed by atoms with Crippen molar-refractivity contribution in [2.24, 2.45) is 11.7 Å². The van der Waals surface area contributed by atoms with Gasteiger partial charge in [-0.25, -0.2) is 0 Å². The summed E-state index contributed by atoms with van der Waals surface area (Å²) in [6, 6.07) is 9.28. The van der Waals surface area contributed by atoms with Crippen molar-refractivity contribution in [3.63, 3.8) is 0 Å². The lowest BCUT2D eigenvalue weighted by Gasteiger charge is -2.19. The van der Waals surface area contributed by atoms with Crippen LogP contribution in [-0.2, 0) is 4.79 Å². The average Bonchev–Trinajstić information content (AvgIpc) is 2.89.